The molecular weight excluding hydrogens is 238 g/mol. The Labute approximate surface area is 118 Å². The molecule has 0 heterocycles. The van der Waals surface area contributed by atoms with Crippen molar-refractivity contribution in [3.63, 3.8) is 0 Å². The zero-order valence-corrected chi connectivity index (χ0v) is 11.8. The van der Waals surface area contributed by atoms with Gasteiger partial charge in [0.25, 0.3) is 0 Å². The molecule has 0 radical (unpaired) electrons. The molecule has 0 aliphatic carbocycles. The van der Waals surface area contributed by atoms with Gasteiger partial charge in [-0.05, 0) is 0 Å². The molecular formula is C14H14LiO2P. The monoisotopic (exact) mass is 252 g/mol. The van der Waals surface area contributed by atoms with E-state index >= 15 is 0 Å². The van der Waals surface area contributed by atoms with Crippen LogP contribution in [0.25, 0.3) is 0 Å². The van der Waals surface area contributed by atoms with Crippen LogP contribution in [-0.4, -0.2) is 31.5 Å². The molecule has 0 amide bonds. The maximum absolute atomic E-state index is 5.44. The van der Waals surface area contributed by atoms with Gasteiger partial charge < -0.3 is 0 Å². The molecule has 2 aromatic rings. The Morgan fingerprint density at radius 3 is 1.56 bits per heavy atom. The van der Waals surface area contributed by atoms with Crippen LogP contribution in [-0.2, 0) is 0 Å². The first-order chi connectivity index (χ1) is 8.77. The normalized spacial score (nSPS) is 10.5. The van der Waals surface area contributed by atoms with Crippen molar-refractivity contribution >= 4 is 34.2 Å². The standard InChI is InChI=1S/C14H14O2P.Li/c1-15-11-7-3-5-9-13(11)17-14-10-6-4-8-12(14)16-2;/h3-10H,1-2H3;/q-1;+1. The topological polar surface area (TPSA) is 18.5 Å². The van der Waals surface area contributed by atoms with Gasteiger partial charge in [0.1, 0.15) is 0 Å². The number of hydrogen-bond donors (Lipinski definition) is 0. The van der Waals surface area contributed by atoms with Crippen LogP contribution in [0.1, 0.15) is 0 Å². The van der Waals surface area contributed by atoms with Gasteiger partial charge in [0, 0.05) is 0 Å². The van der Waals surface area contributed by atoms with Crippen LogP contribution in [0.2, 0.25) is 0 Å². The number of benzene rings is 2. The summed E-state index contributed by atoms with van der Waals surface area (Å²) < 4.78 is 10.9. The third-order valence-corrected chi connectivity index (χ3v) is 5.08. The van der Waals surface area contributed by atoms with Crippen molar-refractivity contribution in [2.24, 2.45) is 0 Å². The zero-order chi connectivity index (χ0) is 13.0. The molecule has 0 aromatic heterocycles. The van der Waals surface area contributed by atoms with Crippen molar-refractivity contribution in [3.05, 3.63) is 48.5 Å². The van der Waals surface area contributed by atoms with E-state index in [0.717, 1.165) is 11.5 Å². The molecule has 88 valence electrons. The van der Waals surface area contributed by atoms with Crippen LogP contribution >= 0.6 is 6.35 Å². The van der Waals surface area contributed by atoms with Gasteiger partial charge in [0.15, 0.2) is 0 Å². The Morgan fingerprint density at radius 2 is 1.17 bits per heavy atom. The van der Waals surface area contributed by atoms with E-state index in [4.69, 9.17) is 9.47 Å². The van der Waals surface area contributed by atoms with Crippen molar-refractivity contribution in [1.82, 2.24) is 0 Å². The molecule has 2 rings (SSSR count). The predicted octanol–water partition coefficient (Wildman–Crippen LogP) is 2.22. The van der Waals surface area contributed by atoms with E-state index in [1.807, 2.05) is 36.4 Å². The average Bonchev–Trinajstić information content (AvgIpc) is 2.46. The first kappa shape index (κ1) is 13.5. The van der Waals surface area contributed by atoms with E-state index < -0.39 is 6.35 Å². The molecule has 0 unspecified atom stereocenters. The molecule has 18 heavy (non-hydrogen) atoms. The summed E-state index contributed by atoms with van der Waals surface area (Å²) in [5, 5.41) is 2.47. The Bertz CT molecular complexity index is 483. The first-order valence-corrected chi connectivity index (χ1v) is 7.56. The second-order valence-electron chi connectivity index (χ2n) is 3.90. The summed E-state index contributed by atoms with van der Waals surface area (Å²) in [6.07, 6.45) is -0.474. The van der Waals surface area contributed by atoms with Crippen molar-refractivity contribution in [1.29, 1.82) is 0 Å². The van der Waals surface area contributed by atoms with E-state index in [1.54, 1.807) is 14.2 Å². The Morgan fingerprint density at radius 1 is 0.778 bits per heavy atom. The maximum atomic E-state index is 5.44. The number of rotatable bonds is 4. The molecule has 0 spiro atoms. The number of hydrogen-bond acceptors (Lipinski definition) is 2. The number of ether oxygens (including phenoxy) is 2. The van der Waals surface area contributed by atoms with Crippen LogP contribution in [0.4, 0.5) is 0 Å². The second kappa shape index (κ2) is 6.30. The number of para-hydroxylation sites is 2. The van der Waals surface area contributed by atoms with Gasteiger partial charge in [-0.2, -0.15) is 0 Å². The SMILES string of the molecule is [Li][P](c1ccccc1OC)c1ccccc1OC. The molecule has 0 bridgehead atoms. The molecule has 0 fully saturated rings. The van der Waals surface area contributed by atoms with Crippen LogP contribution in [0, 0.1) is 0 Å². The fourth-order valence-corrected chi connectivity index (χ4v) is 3.82. The van der Waals surface area contributed by atoms with Crippen LogP contribution in [0.15, 0.2) is 48.5 Å². The van der Waals surface area contributed by atoms with E-state index in [-0.39, 0.29) is 0 Å². The molecule has 0 aliphatic rings. The fourth-order valence-electron chi connectivity index (χ4n) is 1.94. The summed E-state index contributed by atoms with van der Waals surface area (Å²) in [6, 6.07) is 16.3. The minimum atomic E-state index is -0.474. The Kier molecular flexibility index (Phi) is 4.72. The molecule has 0 N–H and O–H groups in total. The third kappa shape index (κ3) is 2.73. The molecule has 0 saturated heterocycles. The van der Waals surface area contributed by atoms with Gasteiger partial charge in [0.2, 0.25) is 0 Å². The van der Waals surface area contributed by atoms with E-state index in [9.17, 15) is 0 Å². The predicted molar refractivity (Wildman–Crippen MR) is 77.9 cm³/mol. The average molecular weight is 252 g/mol. The summed E-state index contributed by atoms with van der Waals surface area (Å²) in [4.78, 5) is 0. The Hall–Kier alpha value is -0.933. The summed E-state index contributed by atoms with van der Waals surface area (Å²) in [5.41, 5.74) is 0. The van der Waals surface area contributed by atoms with Crippen LogP contribution in [0.3, 0.4) is 0 Å². The van der Waals surface area contributed by atoms with Gasteiger partial charge >= 0.3 is 118 Å². The van der Waals surface area contributed by atoms with Crippen molar-refractivity contribution in [2.75, 3.05) is 14.2 Å². The van der Waals surface area contributed by atoms with Crippen LogP contribution in [0.5, 0.6) is 11.5 Å². The summed E-state index contributed by atoms with van der Waals surface area (Å²) in [5.74, 6) is 1.88. The molecule has 4 heteroatoms. The van der Waals surface area contributed by atoms with Crippen molar-refractivity contribution in [3.8, 4) is 11.5 Å². The van der Waals surface area contributed by atoms with Gasteiger partial charge in [0.05, 0.1) is 0 Å². The van der Waals surface area contributed by atoms with E-state index in [2.05, 4.69) is 29.4 Å². The fraction of sp³-hybridized carbons (Fsp3) is 0.143. The molecule has 0 atom stereocenters. The third-order valence-electron chi connectivity index (χ3n) is 2.89. The van der Waals surface area contributed by atoms with E-state index in [0.29, 0.717) is 0 Å². The minimum absolute atomic E-state index is 0.474. The van der Waals surface area contributed by atoms with E-state index in [1.165, 1.54) is 10.6 Å². The molecule has 2 aromatic carbocycles. The first-order valence-electron chi connectivity index (χ1n) is 5.77. The second-order valence-corrected chi connectivity index (χ2v) is 5.98. The summed E-state index contributed by atoms with van der Waals surface area (Å²) >= 11 is 2.23. The van der Waals surface area contributed by atoms with Gasteiger partial charge in [-0.15, -0.1) is 0 Å². The zero-order valence-electron chi connectivity index (χ0n) is 10.9. The quantitative estimate of drug-likeness (QED) is 0.613. The van der Waals surface area contributed by atoms with Crippen molar-refractivity contribution < 1.29 is 9.47 Å². The molecule has 0 saturated carbocycles. The van der Waals surface area contributed by atoms with Gasteiger partial charge in [-0.3, -0.25) is 0 Å². The van der Waals surface area contributed by atoms with Crippen LogP contribution < -0.4 is 20.1 Å². The van der Waals surface area contributed by atoms with Gasteiger partial charge in [-0.25, -0.2) is 0 Å². The summed E-state index contributed by atoms with van der Waals surface area (Å²) in [6.45, 7) is 0. The molecule has 2 nitrogen and oxygen atoms in total. The Balaban J connectivity index is 2.44. The molecule has 0 aliphatic heterocycles. The van der Waals surface area contributed by atoms with Gasteiger partial charge in [-0.1, -0.05) is 0 Å². The number of methoxy groups -OCH3 is 2. The van der Waals surface area contributed by atoms with Crippen molar-refractivity contribution in [2.45, 2.75) is 0 Å². The summed E-state index contributed by atoms with van der Waals surface area (Å²) in [7, 11) is 3.43.